The van der Waals surface area contributed by atoms with Gasteiger partial charge in [-0.25, -0.2) is 9.07 Å². The molecule has 5 heteroatoms. The van der Waals surface area contributed by atoms with E-state index in [2.05, 4.69) is 54.3 Å². The molecule has 4 aromatic rings. The second-order valence-corrected chi connectivity index (χ2v) is 9.15. The van der Waals surface area contributed by atoms with Gasteiger partial charge in [-0.3, -0.25) is 4.79 Å². The van der Waals surface area contributed by atoms with E-state index in [0.717, 1.165) is 35.0 Å². The van der Waals surface area contributed by atoms with E-state index in [0.29, 0.717) is 13.1 Å². The lowest BCUT2D eigenvalue weighted by atomic mass is 9.73. The Morgan fingerprint density at radius 3 is 2.65 bits per heavy atom. The summed E-state index contributed by atoms with van der Waals surface area (Å²) in [6, 6.07) is 21.1. The molecule has 0 spiro atoms. The number of nitrogens with zero attached hydrogens (tertiary/aromatic N) is 3. The van der Waals surface area contributed by atoms with Gasteiger partial charge in [0.2, 0.25) is 5.91 Å². The zero-order valence-corrected chi connectivity index (χ0v) is 19.2. The van der Waals surface area contributed by atoms with Gasteiger partial charge in [0.1, 0.15) is 5.82 Å². The number of rotatable bonds is 5. The van der Waals surface area contributed by atoms with Crippen molar-refractivity contribution in [3.8, 4) is 18.0 Å². The Hall–Kier alpha value is -3.91. The first-order chi connectivity index (χ1) is 16.5. The van der Waals surface area contributed by atoms with Gasteiger partial charge in [0.25, 0.3) is 0 Å². The average molecular weight is 452 g/mol. The maximum absolute atomic E-state index is 13.4. The second-order valence-electron chi connectivity index (χ2n) is 9.15. The van der Waals surface area contributed by atoms with Crippen molar-refractivity contribution in [2.45, 2.75) is 31.6 Å². The number of aromatic nitrogens is 2. The number of fused-ring (bicyclic) bond motifs is 1. The summed E-state index contributed by atoms with van der Waals surface area (Å²) in [4.78, 5) is 14.6. The van der Waals surface area contributed by atoms with Crippen LogP contribution in [0.25, 0.3) is 16.6 Å². The number of carbonyl (C=O) groups is 1. The predicted octanol–water partition coefficient (Wildman–Crippen LogP) is 5.21. The smallest absolute Gasteiger partial charge is 0.234 e. The highest BCUT2D eigenvalue weighted by Gasteiger charge is 2.42. The number of hydrogen-bond donors (Lipinski definition) is 0. The molecule has 4 nitrogen and oxygen atoms in total. The number of carbonyl (C=O) groups excluding carboxylic acids is 1. The number of amides is 1. The van der Waals surface area contributed by atoms with Crippen LogP contribution < -0.4 is 0 Å². The highest BCUT2D eigenvalue weighted by atomic mass is 19.1. The van der Waals surface area contributed by atoms with Gasteiger partial charge >= 0.3 is 0 Å². The predicted molar refractivity (Wildman–Crippen MR) is 132 cm³/mol. The van der Waals surface area contributed by atoms with Crippen LogP contribution in [0.15, 0.2) is 72.9 Å². The Morgan fingerprint density at radius 1 is 1.15 bits per heavy atom. The number of halogens is 1. The van der Waals surface area contributed by atoms with Gasteiger partial charge in [0.05, 0.1) is 23.8 Å². The van der Waals surface area contributed by atoms with Crippen LogP contribution in [0.4, 0.5) is 4.39 Å². The van der Waals surface area contributed by atoms with E-state index in [9.17, 15) is 9.18 Å². The van der Waals surface area contributed by atoms with Gasteiger partial charge in [-0.15, -0.1) is 6.42 Å². The van der Waals surface area contributed by atoms with E-state index in [1.165, 1.54) is 23.3 Å². The lowest BCUT2D eigenvalue weighted by Crippen LogP contribution is -2.36. The Labute approximate surface area is 199 Å². The summed E-state index contributed by atoms with van der Waals surface area (Å²) in [7, 11) is 0. The molecule has 3 aromatic carbocycles. The normalized spacial score (nSPS) is 17.7. The number of aryl methyl sites for hydroxylation is 1. The van der Waals surface area contributed by atoms with Crippen molar-refractivity contribution in [3.63, 3.8) is 0 Å². The Kier molecular flexibility index (Phi) is 5.67. The van der Waals surface area contributed by atoms with Gasteiger partial charge in [0, 0.05) is 23.9 Å². The summed E-state index contributed by atoms with van der Waals surface area (Å²) >= 11 is 0. The quantitative estimate of drug-likeness (QED) is 0.391. The summed E-state index contributed by atoms with van der Waals surface area (Å²) in [5.74, 6) is 2.24. The number of hydrogen-bond acceptors (Lipinski definition) is 2. The van der Waals surface area contributed by atoms with Crippen LogP contribution in [0.5, 0.6) is 0 Å². The maximum Gasteiger partial charge on any atom is 0.234 e. The van der Waals surface area contributed by atoms with Crippen LogP contribution >= 0.6 is 0 Å². The van der Waals surface area contributed by atoms with Crippen molar-refractivity contribution < 1.29 is 9.18 Å². The molecule has 0 saturated carbocycles. The Balaban J connectivity index is 1.58. The van der Waals surface area contributed by atoms with Crippen molar-refractivity contribution in [2.75, 3.05) is 13.1 Å². The van der Waals surface area contributed by atoms with Crippen molar-refractivity contribution in [1.29, 1.82) is 0 Å². The lowest BCUT2D eigenvalue weighted by Gasteiger charge is -2.32. The zero-order chi connectivity index (χ0) is 23.7. The third kappa shape index (κ3) is 3.97. The first-order valence-electron chi connectivity index (χ1n) is 11.5. The van der Waals surface area contributed by atoms with Gasteiger partial charge < -0.3 is 4.90 Å². The van der Waals surface area contributed by atoms with Gasteiger partial charge in [0.15, 0.2) is 0 Å². The van der Waals surface area contributed by atoms with Crippen LogP contribution in [0.2, 0.25) is 0 Å². The van der Waals surface area contributed by atoms with Crippen molar-refractivity contribution in [1.82, 2.24) is 14.7 Å². The van der Waals surface area contributed by atoms with E-state index in [4.69, 9.17) is 6.42 Å². The van der Waals surface area contributed by atoms with Crippen LogP contribution in [-0.2, 0) is 16.6 Å². The van der Waals surface area contributed by atoms with E-state index in [1.54, 1.807) is 12.1 Å². The molecule has 0 N–H and O–H groups in total. The fraction of sp³-hybridized carbons (Fsp3) is 0.241. The van der Waals surface area contributed by atoms with Gasteiger partial charge in [-0.05, 0) is 72.9 Å². The molecular formula is C29H26FN3O. The number of likely N-dealkylation sites (tertiary alicyclic amines) is 1. The largest absolute Gasteiger partial charge is 0.341 e. The van der Waals surface area contributed by atoms with Crippen LogP contribution in [-0.4, -0.2) is 33.7 Å². The fourth-order valence-electron chi connectivity index (χ4n) is 5.27. The van der Waals surface area contributed by atoms with Gasteiger partial charge in [-0.1, -0.05) is 36.3 Å². The van der Waals surface area contributed by atoms with Crippen LogP contribution in [0.3, 0.4) is 0 Å². The zero-order valence-electron chi connectivity index (χ0n) is 19.2. The molecule has 1 fully saturated rings. The molecule has 1 atom stereocenters. The fourth-order valence-corrected chi connectivity index (χ4v) is 5.27. The molecule has 1 aliphatic heterocycles. The van der Waals surface area contributed by atoms with Gasteiger partial charge in [-0.2, -0.15) is 5.10 Å². The molecule has 1 unspecified atom stereocenters. The Bertz CT molecular complexity index is 1380. The minimum atomic E-state index is -0.272. The lowest BCUT2D eigenvalue weighted by molar-refractivity contribution is -0.129. The Morgan fingerprint density at radius 2 is 1.91 bits per heavy atom. The molecular weight excluding hydrogens is 425 g/mol. The molecule has 1 saturated heterocycles. The van der Waals surface area contributed by atoms with Crippen molar-refractivity contribution in [2.24, 2.45) is 0 Å². The average Bonchev–Trinajstić information content (AvgIpc) is 3.45. The third-order valence-corrected chi connectivity index (χ3v) is 6.90. The van der Waals surface area contributed by atoms with Crippen LogP contribution in [0, 0.1) is 25.1 Å². The SMILES string of the molecule is C#CCC(=O)N1CCC(Cc2ccccc2)(c2cc3cnn(-c4ccc(F)cc4)c3cc2C)C1. The molecule has 1 aliphatic rings. The second kappa shape index (κ2) is 8.79. The summed E-state index contributed by atoms with van der Waals surface area (Å²) in [6.45, 7) is 3.45. The topological polar surface area (TPSA) is 38.1 Å². The highest BCUT2D eigenvalue weighted by Crippen LogP contribution is 2.41. The molecule has 2 heterocycles. The summed E-state index contributed by atoms with van der Waals surface area (Å²) in [5, 5.41) is 5.61. The first-order valence-corrected chi connectivity index (χ1v) is 11.5. The maximum atomic E-state index is 13.4. The number of terminal acetylenes is 1. The van der Waals surface area contributed by atoms with E-state index >= 15 is 0 Å². The van der Waals surface area contributed by atoms with Crippen molar-refractivity contribution in [3.05, 3.63) is 95.4 Å². The van der Waals surface area contributed by atoms with Crippen LogP contribution in [0.1, 0.15) is 29.5 Å². The molecule has 0 bridgehead atoms. The van der Waals surface area contributed by atoms with E-state index in [1.807, 2.05) is 21.8 Å². The molecule has 5 rings (SSSR count). The summed E-state index contributed by atoms with van der Waals surface area (Å²) in [5.41, 5.74) is 5.21. The summed E-state index contributed by atoms with van der Waals surface area (Å²) in [6.07, 6.45) is 9.11. The highest BCUT2D eigenvalue weighted by molar-refractivity contribution is 5.83. The summed E-state index contributed by atoms with van der Waals surface area (Å²) < 4.78 is 15.3. The third-order valence-electron chi connectivity index (χ3n) is 6.90. The van der Waals surface area contributed by atoms with E-state index < -0.39 is 0 Å². The molecule has 1 aromatic heterocycles. The molecule has 34 heavy (non-hydrogen) atoms. The minimum Gasteiger partial charge on any atom is -0.341 e. The van der Waals surface area contributed by atoms with E-state index in [-0.39, 0.29) is 23.6 Å². The first kappa shape index (κ1) is 21.9. The van der Waals surface area contributed by atoms with Crippen molar-refractivity contribution >= 4 is 16.8 Å². The molecule has 1 amide bonds. The number of benzene rings is 3. The standard InChI is InChI=1S/C29H26FN3O/c1-3-7-28(34)32-15-14-29(20-32,18-22-8-5-4-6-9-22)26-17-23-19-31-33(27(23)16-21(26)2)25-12-10-24(30)11-13-25/h1,4-6,8-13,16-17,19H,7,14-15,18,20H2,2H3. The molecule has 0 radical (unpaired) electrons. The monoisotopic (exact) mass is 451 g/mol. The minimum absolute atomic E-state index is 0.0142. The molecule has 170 valence electrons. The molecule has 0 aliphatic carbocycles.